The van der Waals surface area contributed by atoms with Crippen molar-refractivity contribution >= 4 is 34.2 Å². The van der Waals surface area contributed by atoms with Crippen molar-refractivity contribution in [2.45, 2.75) is 26.8 Å². The number of ether oxygens (including phenoxy) is 1. The van der Waals surface area contributed by atoms with Crippen molar-refractivity contribution < 1.29 is 9.53 Å². The lowest BCUT2D eigenvalue weighted by Gasteiger charge is -2.14. The second-order valence-corrected chi connectivity index (χ2v) is 8.04. The van der Waals surface area contributed by atoms with Crippen LogP contribution < -0.4 is 11.0 Å². The number of benzene rings is 1. The molecule has 0 unspecified atom stereocenters. The first-order chi connectivity index (χ1) is 16.5. The normalized spacial score (nSPS) is 11.8. The van der Waals surface area contributed by atoms with Gasteiger partial charge < -0.3 is 9.30 Å². The van der Waals surface area contributed by atoms with E-state index in [1.165, 1.54) is 10.5 Å². The van der Waals surface area contributed by atoms with Crippen LogP contribution in [0.5, 0.6) is 0 Å². The Morgan fingerprint density at radius 2 is 2.03 bits per heavy atom. The lowest BCUT2D eigenvalue weighted by atomic mass is 10.2. The smallest absolute Gasteiger partial charge is 0.280 e. The molecule has 0 saturated carbocycles. The first kappa shape index (κ1) is 23.4. The Hall–Kier alpha value is -3.80. The summed E-state index contributed by atoms with van der Waals surface area (Å²) in [6.45, 7) is 5.14. The Morgan fingerprint density at radius 1 is 1.24 bits per heavy atom. The van der Waals surface area contributed by atoms with Crippen LogP contribution >= 0.6 is 11.6 Å². The van der Waals surface area contributed by atoms with Gasteiger partial charge in [0, 0.05) is 26.0 Å². The third kappa shape index (κ3) is 4.36. The van der Waals surface area contributed by atoms with Crippen LogP contribution in [-0.2, 0) is 11.3 Å². The molecule has 0 fully saturated rings. The summed E-state index contributed by atoms with van der Waals surface area (Å²) in [5, 5.41) is 10.4. The van der Waals surface area contributed by atoms with Gasteiger partial charge in [0.15, 0.2) is 5.49 Å². The topological polar surface area (TPSA) is 102 Å². The number of rotatable bonds is 6. The van der Waals surface area contributed by atoms with Gasteiger partial charge in [-0.3, -0.25) is 14.0 Å². The van der Waals surface area contributed by atoms with Crippen molar-refractivity contribution in [1.82, 2.24) is 14.0 Å². The maximum absolute atomic E-state index is 13.3. The highest BCUT2D eigenvalue weighted by Gasteiger charge is 2.17. The molecule has 34 heavy (non-hydrogen) atoms. The van der Waals surface area contributed by atoms with Gasteiger partial charge in [0.1, 0.15) is 17.4 Å². The van der Waals surface area contributed by atoms with Crippen molar-refractivity contribution in [1.29, 1.82) is 5.26 Å². The monoisotopic (exact) mass is 475 g/mol. The van der Waals surface area contributed by atoms with Gasteiger partial charge in [0.05, 0.1) is 21.5 Å². The van der Waals surface area contributed by atoms with Crippen LogP contribution in [0, 0.1) is 18.3 Å². The molecule has 0 aliphatic rings. The van der Waals surface area contributed by atoms with Gasteiger partial charge in [-0.25, -0.2) is 4.98 Å². The molecule has 9 heteroatoms. The Bertz CT molecular complexity index is 1580. The number of carbonyl (C=O) groups is 1. The highest BCUT2D eigenvalue weighted by Crippen LogP contribution is 2.17. The van der Waals surface area contributed by atoms with Crippen LogP contribution in [0.4, 0.5) is 0 Å². The number of aromatic nitrogens is 3. The number of hydrogen-bond acceptors (Lipinski definition) is 5. The van der Waals surface area contributed by atoms with Crippen LogP contribution in [0.2, 0.25) is 5.02 Å². The summed E-state index contributed by atoms with van der Waals surface area (Å²) in [6.07, 6.45) is 2.21. The molecule has 0 aliphatic heterocycles. The molecule has 172 valence electrons. The highest BCUT2D eigenvalue weighted by molar-refractivity contribution is 6.33. The minimum absolute atomic E-state index is 0.0933. The predicted octanol–water partition coefficient (Wildman–Crippen LogP) is 3.65. The van der Waals surface area contributed by atoms with E-state index in [-0.39, 0.29) is 32.6 Å². The van der Waals surface area contributed by atoms with Crippen LogP contribution in [0.1, 0.15) is 34.8 Å². The lowest BCUT2D eigenvalue weighted by molar-refractivity contribution is 0.0997. The third-order valence-electron chi connectivity index (χ3n) is 5.41. The van der Waals surface area contributed by atoms with Gasteiger partial charge in [0.25, 0.3) is 11.5 Å². The number of halogens is 1. The SMILES string of the molecule is CCOCCCn1c(=NC(=O)c2ccccc2Cl)c(C#N)cc2c(=O)n3cccc(C)c3nc21. The number of amides is 1. The van der Waals surface area contributed by atoms with Gasteiger partial charge in [-0.1, -0.05) is 29.8 Å². The van der Waals surface area contributed by atoms with Crippen molar-refractivity contribution in [3.05, 3.63) is 86.2 Å². The Balaban J connectivity index is 2.05. The van der Waals surface area contributed by atoms with Crippen LogP contribution in [0.15, 0.2) is 58.4 Å². The molecule has 0 atom stereocenters. The Labute approximate surface area is 200 Å². The van der Waals surface area contributed by atoms with E-state index in [9.17, 15) is 14.9 Å². The summed E-state index contributed by atoms with van der Waals surface area (Å²) in [4.78, 5) is 35.3. The molecule has 4 aromatic rings. The maximum atomic E-state index is 13.3. The largest absolute Gasteiger partial charge is 0.382 e. The van der Waals surface area contributed by atoms with E-state index in [2.05, 4.69) is 11.1 Å². The minimum atomic E-state index is -0.589. The molecule has 0 saturated heterocycles. The fourth-order valence-corrected chi connectivity index (χ4v) is 3.98. The van der Waals surface area contributed by atoms with Gasteiger partial charge in [-0.05, 0) is 50.1 Å². The fraction of sp³-hybridized carbons (Fsp3) is 0.240. The summed E-state index contributed by atoms with van der Waals surface area (Å²) in [7, 11) is 0. The van der Waals surface area contributed by atoms with E-state index in [0.29, 0.717) is 37.5 Å². The fourth-order valence-electron chi connectivity index (χ4n) is 3.76. The van der Waals surface area contributed by atoms with E-state index >= 15 is 0 Å². The van der Waals surface area contributed by atoms with Crippen LogP contribution in [0.3, 0.4) is 0 Å². The zero-order valence-corrected chi connectivity index (χ0v) is 19.5. The zero-order valence-electron chi connectivity index (χ0n) is 18.8. The van der Waals surface area contributed by atoms with Crippen molar-refractivity contribution in [3.8, 4) is 6.07 Å². The first-order valence-corrected chi connectivity index (χ1v) is 11.2. The lowest BCUT2D eigenvalue weighted by Crippen LogP contribution is -2.30. The molecular formula is C25H22ClN5O3. The van der Waals surface area contributed by atoms with Gasteiger partial charge in [-0.15, -0.1) is 0 Å². The standard InChI is InChI=1S/C25H22ClN5O3/c1-3-34-13-7-12-30-22(29-24(32)18-9-4-5-10-20(18)26)17(15-27)14-19-23(30)28-21-16(2)8-6-11-31(21)25(19)33/h4-6,8-11,14H,3,7,12-13H2,1-2H3. The highest BCUT2D eigenvalue weighted by atomic mass is 35.5. The molecule has 8 nitrogen and oxygen atoms in total. The zero-order chi connectivity index (χ0) is 24.2. The molecule has 3 aromatic heterocycles. The minimum Gasteiger partial charge on any atom is -0.382 e. The number of carbonyl (C=O) groups excluding carboxylic acids is 1. The van der Waals surface area contributed by atoms with Crippen LogP contribution in [-0.4, -0.2) is 33.1 Å². The van der Waals surface area contributed by atoms with Crippen molar-refractivity contribution in [2.75, 3.05) is 13.2 Å². The molecule has 4 rings (SSSR count). The summed E-state index contributed by atoms with van der Waals surface area (Å²) in [5.41, 5.74) is 1.79. The summed E-state index contributed by atoms with van der Waals surface area (Å²) < 4.78 is 8.57. The van der Waals surface area contributed by atoms with Gasteiger partial charge >= 0.3 is 0 Å². The van der Waals surface area contributed by atoms with E-state index < -0.39 is 5.91 Å². The van der Waals surface area contributed by atoms with Gasteiger partial charge in [-0.2, -0.15) is 10.3 Å². The van der Waals surface area contributed by atoms with E-state index in [1.807, 2.05) is 19.9 Å². The molecule has 1 amide bonds. The summed E-state index contributed by atoms with van der Waals surface area (Å²) in [6, 6.07) is 13.7. The number of pyridine rings is 2. The van der Waals surface area contributed by atoms with Crippen molar-refractivity contribution in [2.24, 2.45) is 4.99 Å². The Kier molecular flexibility index (Phi) is 6.87. The predicted molar refractivity (Wildman–Crippen MR) is 129 cm³/mol. The molecule has 0 radical (unpaired) electrons. The van der Waals surface area contributed by atoms with Gasteiger partial charge in [0.2, 0.25) is 0 Å². The summed E-state index contributed by atoms with van der Waals surface area (Å²) >= 11 is 6.19. The number of aryl methyl sites for hydroxylation is 2. The van der Waals surface area contributed by atoms with E-state index in [4.69, 9.17) is 21.3 Å². The second kappa shape index (κ2) is 10.00. The number of hydrogen-bond donors (Lipinski definition) is 0. The maximum Gasteiger partial charge on any atom is 0.280 e. The molecule has 3 heterocycles. The molecule has 1 aromatic carbocycles. The van der Waals surface area contributed by atoms with Crippen LogP contribution in [0.25, 0.3) is 16.7 Å². The molecule has 0 bridgehead atoms. The molecule has 0 N–H and O–H groups in total. The molecule has 0 spiro atoms. The quantitative estimate of drug-likeness (QED) is 0.313. The second-order valence-electron chi connectivity index (χ2n) is 7.63. The molecular weight excluding hydrogens is 454 g/mol. The number of fused-ring (bicyclic) bond motifs is 2. The third-order valence-corrected chi connectivity index (χ3v) is 5.74. The Morgan fingerprint density at radius 3 is 2.76 bits per heavy atom. The number of nitrogens with zero attached hydrogens (tertiary/aromatic N) is 5. The summed E-state index contributed by atoms with van der Waals surface area (Å²) in [5.74, 6) is -0.589. The van der Waals surface area contributed by atoms with E-state index in [0.717, 1.165) is 5.56 Å². The van der Waals surface area contributed by atoms with Crippen molar-refractivity contribution in [3.63, 3.8) is 0 Å². The molecule has 0 aliphatic carbocycles. The average Bonchev–Trinajstić information content (AvgIpc) is 2.83. The first-order valence-electron chi connectivity index (χ1n) is 10.8. The average molecular weight is 476 g/mol. The number of nitriles is 1. The van der Waals surface area contributed by atoms with E-state index in [1.54, 1.807) is 41.1 Å².